The fraction of sp³-hybridized carbons (Fsp3) is 0.833. The van der Waals surface area contributed by atoms with E-state index in [0.717, 1.165) is 0 Å². The molecule has 0 aromatic rings. The summed E-state index contributed by atoms with van der Waals surface area (Å²) < 4.78 is 25.9. The summed E-state index contributed by atoms with van der Waals surface area (Å²) in [4.78, 5) is 0. The van der Waals surface area contributed by atoms with Crippen LogP contribution in [0.25, 0.3) is 0 Å². The van der Waals surface area contributed by atoms with Gasteiger partial charge in [0.05, 0.1) is 6.26 Å². The third-order valence-corrected chi connectivity index (χ3v) is 1.07. The predicted octanol–water partition coefficient (Wildman–Crippen LogP) is 0.888. The number of hydrogen-bond acceptors (Lipinski definition) is 2. The molecule has 0 bridgehead atoms. The minimum atomic E-state index is -3.67. The van der Waals surface area contributed by atoms with Crippen LogP contribution in [0.4, 0.5) is 0 Å². The summed E-state index contributed by atoms with van der Waals surface area (Å²) in [6.07, 6.45) is 8.72. The fourth-order valence-corrected chi connectivity index (χ4v) is 0.722. The standard InChI is InChI=1S/C5H9.CH4O3S.Mg/c1-2-4-5-3-1;1-5(2,3)4;/h1H,2-5H2;1H3,(H,2,3,4);/q-1;;+2. The normalized spacial score (nSPS) is 16.2. The predicted molar refractivity (Wildman–Crippen MR) is 46.0 cm³/mol. The third-order valence-electron chi connectivity index (χ3n) is 1.07. The van der Waals surface area contributed by atoms with Crippen molar-refractivity contribution in [2.24, 2.45) is 0 Å². The molecular formula is C6H13MgO3S+. The van der Waals surface area contributed by atoms with Crippen molar-refractivity contribution < 1.29 is 13.0 Å². The Morgan fingerprint density at radius 1 is 1.27 bits per heavy atom. The Bertz CT molecular complexity index is 145. The molecule has 3 nitrogen and oxygen atoms in total. The second-order valence-corrected chi connectivity index (χ2v) is 3.77. The molecule has 1 saturated carbocycles. The molecule has 0 aromatic carbocycles. The zero-order valence-corrected chi connectivity index (χ0v) is 9.02. The maximum Gasteiger partial charge on any atom is 2.00 e. The zero-order valence-electron chi connectivity index (χ0n) is 6.78. The van der Waals surface area contributed by atoms with Crippen molar-refractivity contribution in [3.63, 3.8) is 0 Å². The van der Waals surface area contributed by atoms with Gasteiger partial charge in [-0.25, -0.2) is 0 Å². The van der Waals surface area contributed by atoms with Crippen LogP contribution in [0.5, 0.6) is 0 Å². The molecule has 0 aliphatic heterocycles. The first-order chi connectivity index (χ1) is 4.50. The molecule has 0 aromatic heterocycles. The van der Waals surface area contributed by atoms with Gasteiger partial charge >= 0.3 is 23.1 Å². The van der Waals surface area contributed by atoms with E-state index in [0.29, 0.717) is 6.26 Å². The monoisotopic (exact) mass is 189 g/mol. The van der Waals surface area contributed by atoms with Gasteiger partial charge in [-0.1, -0.05) is 12.8 Å². The van der Waals surface area contributed by atoms with Crippen molar-refractivity contribution in [2.75, 3.05) is 6.26 Å². The maximum absolute atomic E-state index is 9.19. The van der Waals surface area contributed by atoms with E-state index in [2.05, 4.69) is 6.42 Å². The quantitative estimate of drug-likeness (QED) is 0.350. The molecular weight excluding hydrogens is 176 g/mol. The molecule has 1 aliphatic carbocycles. The topological polar surface area (TPSA) is 54.4 Å². The van der Waals surface area contributed by atoms with E-state index in [1.165, 1.54) is 25.7 Å². The van der Waals surface area contributed by atoms with Crippen molar-refractivity contribution in [3.8, 4) is 0 Å². The second-order valence-electron chi connectivity index (χ2n) is 2.31. The van der Waals surface area contributed by atoms with Crippen LogP contribution in [0.1, 0.15) is 25.7 Å². The summed E-state index contributed by atoms with van der Waals surface area (Å²) in [6.45, 7) is 0. The molecule has 0 unspecified atom stereocenters. The minimum Gasteiger partial charge on any atom is -0.328 e. The first-order valence-corrected chi connectivity index (χ1v) is 5.09. The van der Waals surface area contributed by atoms with E-state index in [9.17, 15) is 8.42 Å². The van der Waals surface area contributed by atoms with Crippen molar-refractivity contribution in [2.45, 2.75) is 25.7 Å². The molecule has 0 saturated heterocycles. The van der Waals surface area contributed by atoms with E-state index >= 15 is 0 Å². The van der Waals surface area contributed by atoms with Crippen molar-refractivity contribution in [1.82, 2.24) is 0 Å². The van der Waals surface area contributed by atoms with Gasteiger partial charge < -0.3 is 6.42 Å². The van der Waals surface area contributed by atoms with Crippen molar-refractivity contribution in [1.29, 1.82) is 0 Å². The fourth-order valence-electron chi connectivity index (χ4n) is 0.722. The van der Waals surface area contributed by atoms with E-state index in [4.69, 9.17) is 4.55 Å². The molecule has 1 rings (SSSR count). The Labute approximate surface area is 84.5 Å². The Hall–Kier alpha value is 0.676. The Morgan fingerprint density at radius 3 is 1.64 bits per heavy atom. The number of hydrogen-bond donors (Lipinski definition) is 1. The van der Waals surface area contributed by atoms with Gasteiger partial charge in [0.1, 0.15) is 0 Å². The average molecular weight is 190 g/mol. The van der Waals surface area contributed by atoms with Crippen molar-refractivity contribution >= 4 is 33.2 Å². The van der Waals surface area contributed by atoms with Gasteiger partial charge in [0.15, 0.2) is 0 Å². The van der Waals surface area contributed by atoms with Crippen LogP contribution in [0.15, 0.2) is 0 Å². The molecule has 5 heteroatoms. The molecule has 11 heavy (non-hydrogen) atoms. The first-order valence-electron chi connectivity index (χ1n) is 3.24. The Kier molecular flexibility index (Phi) is 9.47. The smallest absolute Gasteiger partial charge is 0.328 e. The van der Waals surface area contributed by atoms with Gasteiger partial charge in [-0.3, -0.25) is 4.55 Å². The van der Waals surface area contributed by atoms with Gasteiger partial charge in [-0.05, 0) is 0 Å². The van der Waals surface area contributed by atoms with Crippen LogP contribution in [-0.2, 0) is 10.1 Å². The zero-order chi connectivity index (χ0) is 8.04. The SMILES string of the molecule is CS(=O)(=O)O.[CH-]1CCCC1.[Mg+2]. The summed E-state index contributed by atoms with van der Waals surface area (Å²) in [5.74, 6) is 0. The molecule has 0 atom stereocenters. The molecule has 0 spiro atoms. The van der Waals surface area contributed by atoms with Crippen LogP contribution >= 0.6 is 0 Å². The van der Waals surface area contributed by atoms with E-state index < -0.39 is 10.1 Å². The largest absolute Gasteiger partial charge is 2.00 e. The van der Waals surface area contributed by atoms with Crippen LogP contribution in [0.3, 0.4) is 0 Å². The summed E-state index contributed by atoms with van der Waals surface area (Å²) in [6, 6.07) is 0. The van der Waals surface area contributed by atoms with E-state index in [1.54, 1.807) is 0 Å². The number of rotatable bonds is 0. The summed E-state index contributed by atoms with van der Waals surface area (Å²) in [5, 5.41) is 0. The molecule has 0 radical (unpaired) electrons. The molecule has 1 fully saturated rings. The first kappa shape index (κ1) is 14.2. The summed E-state index contributed by atoms with van der Waals surface area (Å²) in [5.41, 5.74) is 0. The van der Waals surface area contributed by atoms with Gasteiger partial charge in [0, 0.05) is 0 Å². The van der Waals surface area contributed by atoms with Crippen molar-refractivity contribution in [3.05, 3.63) is 6.42 Å². The second kappa shape index (κ2) is 7.33. The average Bonchev–Trinajstić information content (AvgIpc) is 2.07. The van der Waals surface area contributed by atoms with Crippen LogP contribution < -0.4 is 0 Å². The molecule has 0 amide bonds. The van der Waals surface area contributed by atoms with Gasteiger partial charge in [0.25, 0.3) is 10.1 Å². The third kappa shape index (κ3) is 24.9. The molecule has 1 N–H and O–H groups in total. The van der Waals surface area contributed by atoms with Gasteiger partial charge in [-0.2, -0.15) is 21.3 Å². The summed E-state index contributed by atoms with van der Waals surface area (Å²) in [7, 11) is -3.67. The van der Waals surface area contributed by atoms with E-state index in [-0.39, 0.29) is 23.1 Å². The van der Waals surface area contributed by atoms with Gasteiger partial charge in [0.2, 0.25) is 0 Å². The Balaban J connectivity index is 0. The van der Waals surface area contributed by atoms with Crippen LogP contribution in [0.2, 0.25) is 0 Å². The van der Waals surface area contributed by atoms with Crippen LogP contribution in [-0.4, -0.2) is 42.3 Å². The maximum atomic E-state index is 9.19. The Morgan fingerprint density at radius 2 is 1.55 bits per heavy atom. The minimum absolute atomic E-state index is 0. The molecule has 1 aliphatic rings. The molecule has 0 heterocycles. The van der Waals surface area contributed by atoms with E-state index in [1.807, 2.05) is 0 Å². The molecule has 62 valence electrons. The van der Waals surface area contributed by atoms with Gasteiger partial charge in [-0.15, -0.1) is 0 Å². The summed E-state index contributed by atoms with van der Waals surface area (Å²) >= 11 is 0. The van der Waals surface area contributed by atoms with Crippen LogP contribution in [0, 0.1) is 6.42 Å².